The van der Waals surface area contributed by atoms with Gasteiger partial charge >= 0.3 is 12.1 Å². The number of para-hydroxylation sites is 1. The van der Waals surface area contributed by atoms with Crippen LogP contribution in [0.2, 0.25) is 0 Å². The molecule has 0 fully saturated rings. The summed E-state index contributed by atoms with van der Waals surface area (Å²) in [4.78, 5) is 45.6. The fraction of sp³-hybridized carbons (Fsp3) is 0.118. The Morgan fingerprint density at radius 1 is 0.962 bits per heavy atom. The van der Waals surface area contributed by atoms with Gasteiger partial charge in [0.2, 0.25) is 0 Å². The van der Waals surface area contributed by atoms with Crippen molar-refractivity contribution in [1.29, 1.82) is 0 Å². The van der Waals surface area contributed by atoms with Crippen LogP contribution in [0, 0.1) is 10.1 Å². The first-order valence-electron chi connectivity index (χ1n) is 7.37. The second kappa shape index (κ2) is 8.38. The average molecular weight is 358 g/mol. The second-order valence-corrected chi connectivity index (χ2v) is 5.06. The van der Waals surface area contributed by atoms with E-state index in [0.29, 0.717) is 0 Å². The first-order chi connectivity index (χ1) is 12.4. The Balaban J connectivity index is 2.01. The number of nitro benzene ring substituents is 1. The van der Waals surface area contributed by atoms with Gasteiger partial charge in [0.15, 0.2) is 11.8 Å². The number of non-ortho nitro benzene ring substituents is 1. The molecule has 2 rings (SSSR count). The number of carbonyl (C=O) groups is 3. The molecule has 1 N–H and O–H groups in total. The van der Waals surface area contributed by atoms with E-state index >= 15 is 0 Å². The Labute approximate surface area is 147 Å². The zero-order valence-corrected chi connectivity index (χ0v) is 13.6. The first kappa shape index (κ1) is 18.6. The zero-order chi connectivity index (χ0) is 19.1. The average Bonchev–Trinajstić information content (AvgIpc) is 2.60. The largest absolute Gasteiger partial charge is 0.425 e. The molecule has 2 aromatic carbocycles. The third-order valence-electron chi connectivity index (χ3n) is 3.12. The molecule has 0 saturated carbocycles. The summed E-state index contributed by atoms with van der Waals surface area (Å²) in [7, 11) is 0. The Morgan fingerprint density at radius 2 is 1.54 bits per heavy atom. The van der Waals surface area contributed by atoms with Gasteiger partial charge in [-0.15, -0.1) is 0 Å². The summed E-state index contributed by atoms with van der Waals surface area (Å²) in [6, 6.07) is 11.2. The lowest BCUT2D eigenvalue weighted by molar-refractivity contribution is -0.384. The Hall–Kier alpha value is -3.75. The van der Waals surface area contributed by atoms with Crippen molar-refractivity contribution >= 4 is 23.5 Å². The maximum atomic E-state index is 12.1. The molecule has 0 spiro atoms. The molecule has 0 bridgehead atoms. The van der Waals surface area contributed by atoms with Crippen LogP contribution in [-0.4, -0.2) is 28.8 Å². The molecule has 2 aromatic rings. The quantitative estimate of drug-likeness (QED) is 0.276. The number of ether oxygens (including phenoxy) is 2. The number of nitrogens with one attached hydrogen (secondary N) is 1. The van der Waals surface area contributed by atoms with E-state index in [4.69, 9.17) is 9.47 Å². The van der Waals surface area contributed by atoms with E-state index in [1.54, 1.807) is 18.2 Å². The normalized spacial score (nSPS) is 11.1. The van der Waals surface area contributed by atoms with Crippen LogP contribution in [0.3, 0.4) is 0 Å². The van der Waals surface area contributed by atoms with Gasteiger partial charge < -0.3 is 14.8 Å². The fourth-order valence-electron chi connectivity index (χ4n) is 1.88. The monoisotopic (exact) mass is 358 g/mol. The van der Waals surface area contributed by atoms with Gasteiger partial charge in [-0.05, 0) is 31.2 Å². The molecule has 1 atom stereocenters. The van der Waals surface area contributed by atoms with Gasteiger partial charge in [0.05, 0.1) is 4.92 Å². The van der Waals surface area contributed by atoms with E-state index in [2.05, 4.69) is 5.32 Å². The molecule has 1 unspecified atom stereocenters. The van der Waals surface area contributed by atoms with E-state index < -0.39 is 28.8 Å². The number of hydrogen-bond acceptors (Lipinski definition) is 7. The minimum atomic E-state index is -1.58. The summed E-state index contributed by atoms with van der Waals surface area (Å²) >= 11 is 0. The number of carbonyl (C=O) groups excluding carboxylic acids is 3. The number of rotatable bonds is 6. The third-order valence-corrected chi connectivity index (χ3v) is 3.12. The first-order valence-corrected chi connectivity index (χ1v) is 7.37. The number of nitro groups is 1. The Morgan fingerprint density at radius 3 is 2.08 bits per heavy atom. The molecular weight excluding hydrogens is 344 g/mol. The van der Waals surface area contributed by atoms with E-state index in [1.165, 1.54) is 24.3 Å². The molecule has 0 saturated heterocycles. The van der Waals surface area contributed by atoms with Gasteiger partial charge in [0, 0.05) is 12.1 Å². The maximum absolute atomic E-state index is 12.1. The minimum Gasteiger partial charge on any atom is -0.425 e. The van der Waals surface area contributed by atoms with Crippen molar-refractivity contribution in [3.8, 4) is 11.5 Å². The molecule has 9 nitrogen and oxygen atoms in total. The van der Waals surface area contributed by atoms with Gasteiger partial charge in [0.25, 0.3) is 5.69 Å². The zero-order valence-electron chi connectivity index (χ0n) is 13.6. The number of Topliss-reactive ketones (excluding diaryl/α,β-unsaturated/α-hetero) is 1. The highest BCUT2D eigenvalue weighted by molar-refractivity contribution is 6.04. The molecular formula is C17H14N2O7. The Bertz CT molecular complexity index is 819. The van der Waals surface area contributed by atoms with Crippen molar-refractivity contribution in [2.75, 3.05) is 0 Å². The van der Waals surface area contributed by atoms with Gasteiger partial charge in [-0.1, -0.05) is 18.2 Å². The lowest BCUT2D eigenvalue weighted by Crippen LogP contribution is -2.48. The molecule has 0 radical (unpaired) electrons. The van der Waals surface area contributed by atoms with E-state index in [-0.39, 0.29) is 17.2 Å². The summed E-state index contributed by atoms with van der Waals surface area (Å²) < 4.78 is 9.92. The van der Waals surface area contributed by atoms with Gasteiger partial charge in [-0.3, -0.25) is 14.9 Å². The van der Waals surface area contributed by atoms with Crippen molar-refractivity contribution in [2.24, 2.45) is 0 Å². The number of nitrogens with zero attached hydrogens (tertiary/aromatic N) is 1. The summed E-state index contributed by atoms with van der Waals surface area (Å²) in [5.41, 5.74) is -0.183. The van der Waals surface area contributed by atoms with Crippen molar-refractivity contribution in [3.05, 3.63) is 64.7 Å². The molecule has 134 valence electrons. The molecule has 0 aromatic heterocycles. The van der Waals surface area contributed by atoms with Crippen molar-refractivity contribution in [2.45, 2.75) is 13.0 Å². The van der Waals surface area contributed by atoms with Crippen LogP contribution in [0.25, 0.3) is 0 Å². The molecule has 0 aliphatic heterocycles. The lowest BCUT2D eigenvalue weighted by atomic mass is 10.2. The highest BCUT2D eigenvalue weighted by Gasteiger charge is 2.28. The highest BCUT2D eigenvalue weighted by atomic mass is 16.6. The number of benzene rings is 2. The summed E-state index contributed by atoms with van der Waals surface area (Å²) in [5, 5.41) is 12.7. The predicted octanol–water partition coefficient (Wildman–Crippen LogP) is 2.25. The molecule has 0 aliphatic rings. The van der Waals surface area contributed by atoms with Crippen LogP contribution >= 0.6 is 0 Å². The van der Waals surface area contributed by atoms with E-state index in [1.807, 2.05) is 0 Å². The third kappa shape index (κ3) is 5.13. The van der Waals surface area contributed by atoms with Crippen molar-refractivity contribution in [1.82, 2.24) is 5.32 Å². The summed E-state index contributed by atoms with van der Waals surface area (Å²) in [5.74, 6) is -1.49. The Kier molecular flexibility index (Phi) is 5.99. The smallest absolute Gasteiger partial charge is 0.413 e. The number of ketones is 1. The number of hydrogen-bond donors (Lipinski definition) is 1. The lowest BCUT2D eigenvalue weighted by Gasteiger charge is -2.14. The van der Waals surface area contributed by atoms with Crippen LogP contribution in [-0.2, 0) is 9.59 Å². The van der Waals surface area contributed by atoms with Crippen LogP contribution in [0.5, 0.6) is 11.5 Å². The fourth-order valence-corrected chi connectivity index (χ4v) is 1.88. The standard InChI is InChI=1S/C17H14N2O7/c1-11(20)15(18-17(22)26-13-5-3-2-4-6-13)16(21)25-14-9-7-12(8-10-14)19(23)24/h2-10,15H,1H3,(H,18,22). The minimum absolute atomic E-state index is 0.00919. The van der Waals surface area contributed by atoms with Gasteiger partial charge in [-0.2, -0.15) is 0 Å². The van der Waals surface area contributed by atoms with Crippen LogP contribution in [0.15, 0.2) is 54.6 Å². The van der Waals surface area contributed by atoms with Crippen LogP contribution in [0.1, 0.15) is 6.92 Å². The molecule has 1 amide bonds. The van der Waals surface area contributed by atoms with Crippen molar-refractivity contribution in [3.63, 3.8) is 0 Å². The van der Waals surface area contributed by atoms with E-state index in [9.17, 15) is 24.5 Å². The van der Waals surface area contributed by atoms with Crippen molar-refractivity contribution < 1.29 is 28.8 Å². The van der Waals surface area contributed by atoms with Crippen LogP contribution in [0.4, 0.5) is 10.5 Å². The molecule has 9 heteroatoms. The topological polar surface area (TPSA) is 125 Å². The van der Waals surface area contributed by atoms with Crippen LogP contribution < -0.4 is 14.8 Å². The predicted molar refractivity (Wildman–Crippen MR) is 88.8 cm³/mol. The summed E-state index contributed by atoms with van der Waals surface area (Å²) in [6.07, 6.45) is -1.00. The molecule has 26 heavy (non-hydrogen) atoms. The molecule has 0 heterocycles. The summed E-state index contributed by atoms with van der Waals surface area (Å²) in [6.45, 7) is 1.10. The molecule has 0 aliphatic carbocycles. The van der Waals surface area contributed by atoms with Gasteiger partial charge in [0.1, 0.15) is 11.5 Å². The second-order valence-electron chi connectivity index (χ2n) is 5.06. The van der Waals surface area contributed by atoms with E-state index in [0.717, 1.165) is 19.1 Å². The number of esters is 1. The van der Waals surface area contributed by atoms with Gasteiger partial charge in [-0.25, -0.2) is 9.59 Å². The maximum Gasteiger partial charge on any atom is 0.413 e. The highest BCUT2D eigenvalue weighted by Crippen LogP contribution is 2.18. The SMILES string of the molecule is CC(=O)C(NC(=O)Oc1ccccc1)C(=O)Oc1ccc([N+](=O)[O-])cc1. The number of amides is 1.